The Hall–Kier alpha value is -2.04. The van der Waals surface area contributed by atoms with Crippen LogP contribution in [0.3, 0.4) is 0 Å². The number of nitrogens with one attached hydrogen (secondary N) is 1. The quantitative estimate of drug-likeness (QED) is 0.621. The van der Waals surface area contributed by atoms with Gasteiger partial charge in [0.2, 0.25) is 0 Å². The first-order valence-corrected chi connectivity index (χ1v) is 9.03. The van der Waals surface area contributed by atoms with Gasteiger partial charge in [0.05, 0.1) is 12.1 Å². The van der Waals surface area contributed by atoms with E-state index in [0.29, 0.717) is 28.8 Å². The normalized spacial score (nSPS) is 11.0. The number of rotatable bonds is 6. The summed E-state index contributed by atoms with van der Waals surface area (Å²) in [5.74, 6) is -0.148. The number of amides is 1. The molecule has 25 heavy (non-hydrogen) atoms. The molecule has 0 aliphatic carbocycles. The van der Waals surface area contributed by atoms with Crippen molar-refractivity contribution in [2.45, 2.75) is 26.3 Å². The Morgan fingerprint density at radius 2 is 2.00 bits per heavy atom. The van der Waals surface area contributed by atoms with Crippen LogP contribution in [0.1, 0.15) is 35.8 Å². The minimum absolute atomic E-state index is 0.148. The molecule has 2 aromatic carbocycles. The lowest BCUT2D eigenvalue weighted by molar-refractivity contribution is 0.0949. The highest BCUT2D eigenvalue weighted by Crippen LogP contribution is 2.24. The maximum Gasteiger partial charge on any atom is 0.272 e. The molecule has 3 rings (SSSR count). The summed E-state index contributed by atoms with van der Waals surface area (Å²) in [6, 6.07) is 13.1. The second kappa shape index (κ2) is 7.89. The molecule has 3 aromatic rings. The van der Waals surface area contributed by atoms with Crippen molar-refractivity contribution in [3.05, 3.63) is 63.8 Å². The lowest BCUT2D eigenvalue weighted by atomic mass is 10.2. The summed E-state index contributed by atoms with van der Waals surface area (Å²) in [6.45, 7) is 3.21. The Morgan fingerprint density at radius 1 is 1.20 bits per heavy atom. The van der Waals surface area contributed by atoms with E-state index in [1.807, 2.05) is 30.3 Å². The number of benzene rings is 2. The monoisotopic (exact) mass is 375 g/mol. The Labute approximate surface area is 156 Å². The van der Waals surface area contributed by atoms with Crippen LogP contribution in [0, 0.1) is 0 Å². The van der Waals surface area contributed by atoms with E-state index in [1.165, 1.54) is 0 Å². The Morgan fingerprint density at radius 3 is 2.76 bits per heavy atom. The van der Waals surface area contributed by atoms with E-state index in [2.05, 4.69) is 17.3 Å². The van der Waals surface area contributed by atoms with E-state index in [9.17, 15) is 4.79 Å². The smallest absolute Gasteiger partial charge is 0.272 e. The van der Waals surface area contributed by atoms with Crippen LogP contribution in [0.25, 0.3) is 10.9 Å². The van der Waals surface area contributed by atoms with Crippen LogP contribution >= 0.6 is 23.2 Å². The summed E-state index contributed by atoms with van der Waals surface area (Å²) in [5.41, 5.74) is 2.24. The molecule has 6 heteroatoms. The van der Waals surface area contributed by atoms with Crippen molar-refractivity contribution in [1.29, 1.82) is 0 Å². The maximum atomic E-state index is 12.5. The molecule has 0 spiro atoms. The van der Waals surface area contributed by atoms with Crippen molar-refractivity contribution in [2.24, 2.45) is 0 Å². The van der Waals surface area contributed by atoms with E-state index in [0.717, 1.165) is 29.3 Å². The van der Waals surface area contributed by atoms with E-state index < -0.39 is 0 Å². The highest BCUT2D eigenvalue weighted by Gasteiger charge is 2.17. The fourth-order valence-electron chi connectivity index (χ4n) is 2.69. The topological polar surface area (TPSA) is 46.9 Å². The zero-order chi connectivity index (χ0) is 17.8. The van der Waals surface area contributed by atoms with Crippen LogP contribution in [-0.2, 0) is 6.54 Å². The lowest BCUT2D eigenvalue weighted by Crippen LogP contribution is -2.25. The molecule has 130 valence electrons. The van der Waals surface area contributed by atoms with Gasteiger partial charge in [-0.3, -0.25) is 9.48 Å². The van der Waals surface area contributed by atoms with Crippen LogP contribution < -0.4 is 5.32 Å². The van der Waals surface area contributed by atoms with Crippen LogP contribution in [0.4, 0.5) is 0 Å². The number of hydrogen-bond acceptors (Lipinski definition) is 2. The fraction of sp³-hybridized carbons (Fsp3) is 0.263. The number of unbranched alkanes of at least 4 members (excludes halogenated alkanes) is 1. The molecule has 1 amide bonds. The van der Waals surface area contributed by atoms with E-state index in [-0.39, 0.29) is 5.91 Å². The van der Waals surface area contributed by atoms with Gasteiger partial charge in [0.1, 0.15) is 0 Å². The van der Waals surface area contributed by atoms with Gasteiger partial charge >= 0.3 is 0 Å². The van der Waals surface area contributed by atoms with Crippen molar-refractivity contribution < 1.29 is 4.79 Å². The average Bonchev–Trinajstić information content (AvgIpc) is 2.96. The maximum absolute atomic E-state index is 12.5. The Kier molecular flexibility index (Phi) is 5.61. The molecule has 0 fully saturated rings. The number of carbonyl (C=O) groups is 1. The first-order valence-electron chi connectivity index (χ1n) is 8.28. The number of fused-ring (bicyclic) bond motifs is 1. The molecule has 0 aliphatic heterocycles. The number of halogens is 2. The third-order valence-corrected chi connectivity index (χ3v) is 4.61. The minimum Gasteiger partial charge on any atom is -0.351 e. The lowest BCUT2D eigenvalue weighted by Gasteiger charge is -2.06. The molecule has 1 aromatic heterocycles. The summed E-state index contributed by atoms with van der Waals surface area (Å²) >= 11 is 12.2. The van der Waals surface area contributed by atoms with Gasteiger partial charge in [-0.1, -0.05) is 60.8 Å². The van der Waals surface area contributed by atoms with Gasteiger partial charge in [-0.25, -0.2) is 0 Å². The molecular weight excluding hydrogens is 357 g/mol. The van der Waals surface area contributed by atoms with E-state index in [4.69, 9.17) is 23.2 Å². The molecule has 4 nitrogen and oxygen atoms in total. The third-order valence-electron chi connectivity index (χ3n) is 4.02. The molecule has 0 bridgehead atoms. The highest BCUT2D eigenvalue weighted by atomic mass is 35.5. The number of nitrogens with zero attached hydrogens (tertiary/aromatic N) is 2. The molecule has 0 unspecified atom stereocenters. The number of hydrogen-bond donors (Lipinski definition) is 1. The second-order valence-electron chi connectivity index (χ2n) is 5.87. The third kappa shape index (κ3) is 3.97. The number of carbonyl (C=O) groups excluding carboxylic acids is 1. The summed E-state index contributed by atoms with van der Waals surface area (Å²) in [6.07, 6.45) is 1.98. The molecule has 1 N–H and O–H groups in total. The van der Waals surface area contributed by atoms with Gasteiger partial charge in [0, 0.05) is 22.0 Å². The van der Waals surface area contributed by atoms with Crippen molar-refractivity contribution in [2.75, 3.05) is 6.54 Å². The van der Waals surface area contributed by atoms with Crippen LogP contribution in [0.2, 0.25) is 10.0 Å². The van der Waals surface area contributed by atoms with Crippen LogP contribution in [0.15, 0.2) is 42.5 Å². The summed E-state index contributed by atoms with van der Waals surface area (Å²) in [4.78, 5) is 12.5. The standard InChI is InChI=1S/C19H19Cl2N3O/c1-2-3-10-22-19(25)18-15-6-4-5-7-17(15)24(23-18)12-13-8-9-14(20)11-16(13)21/h4-9,11H,2-3,10,12H2,1H3,(H,22,25). The molecule has 0 aliphatic rings. The molecule has 1 heterocycles. The molecule has 0 saturated carbocycles. The molecular formula is C19H19Cl2N3O. The molecule has 0 radical (unpaired) electrons. The zero-order valence-electron chi connectivity index (χ0n) is 13.9. The van der Waals surface area contributed by atoms with E-state index >= 15 is 0 Å². The van der Waals surface area contributed by atoms with Gasteiger partial charge in [-0.05, 0) is 30.2 Å². The van der Waals surface area contributed by atoms with Gasteiger partial charge in [-0.15, -0.1) is 0 Å². The largest absolute Gasteiger partial charge is 0.351 e. The second-order valence-corrected chi connectivity index (χ2v) is 6.71. The molecule has 0 atom stereocenters. The first kappa shape index (κ1) is 17.8. The average molecular weight is 376 g/mol. The fourth-order valence-corrected chi connectivity index (χ4v) is 3.16. The van der Waals surface area contributed by atoms with Crippen LogP contribution in [0.5, 0.6) is 0 Å². The SMILES string of the molecule is CCCCNC(=O)c1nn(Cc2ccc(Cl)cc2Cl)c2ccccc12. The molecule has 0 saturated heterocycles. The summed E-state index contributed by atoms with van der Waals surface area (Å²) < 4.78 is 1.80. The number of aromatic nitrogens is 2. The zero-order valence-corrected chi connectivity index (χ0v) is 15.4. The predicted octanol–water partition coefficient (Wildman–Crippen LogP) is 4.92. The predicted molar refractivity (Wildman–Crippen MR) is 103 cm³/mol. The van der Waals surface area contributed by atoms with Crippen molar-refractivity contribution in [3.63, 3.8) is 0 Å². The van der Waals surface area contributed by atoms with Gasteiger partial charge in [0.15, 0.2) is 5.69 Å². The highest BCUT2D eigenvalue weighted by molar-refractivity contribution is 6.35. The van der Waals surface area contributed by atoms with Crippen LogP contribution in [-0.4, -0.2) is 22.2 Å². The number of para-hydroxylation sites is 1. The van der Waals surface area contributed by atoms with Crippen molar-refractivity contribution in [1.82, 2.24) is 15.1 Å². The van der Waals surface area contributed by atoms with Gasteiger partial charge in [0.25, 0.3) is 5.91 Å². The Bertz CT molecular complexity index is 905. The Balaban J connectivity index is 1.94. The van der Waals surface area contributed by atoms with Crippen molar-refractivity contribution >= 4 is 40.0 Å². The summed E-state index contributed by atoms with van der Waals surface area (Å²) in [7, 11) is 0. The van der Waals surface area contributed by atoms with Gasteiger partial charge < -0.3 is 5.32 Å². The van der Waals surface area contributed by atoms with E-state index in [1.54, 1.807) is 16.8 Å². The van der Waals surface area contributed by atoms with Gasteiger partial charge in [-0.2, -0.15) is 5.10 Å². The van der Waals surface area contributed by atoms with Crippen molar-refractivity contribution in [3.8, 4) is 0 Å². The first-order chi connectivity index (χ1) is 12.1. The summed E-state index contributed by atoms with van der Waals surface area (Å²) in [5, 5.41) is 9.48. The minimum atomic E-state index is -0.148.